The molecule has 0 amide bonds. The lowest BCUT2D eigenvalue weighted by Crippen LogP contribution is -2.21. The zero-order valence-corrected chi connectivity index (χ0v) is 16.4. The van der Waals surface area contributed by atoms with Crippen molar-refractivity contribution < 1.29 is 24.2 Å². The molecule has 29 heavy (non-hydrogen) atoms. The quantitative estimate of drug-likeness (QED) is 0.411. The Kier molecular flexibility index (Phi) is 5.38. The van der Waals surface area contributed by atoms with E-state index in [-0.39, 0.29) is 12.5 Å². The van der Waals surface area contributed by atoms with E-state index >= 15 is 0 Å². The number of nitrogens with zero attached hydrogens (tertiary/aromatic N) is 2. The van der Waals surface area contributed by atoms with E-state index in [0.717, 1.165) is 16.7 Å². The first-order valence-electron chi connectivity index (χ1n) is 9.30. The van der Waals surface area contributed by atoms with Crippen molar-refractivity contribution in [2.45, 2.75) is 45.0 Å². The van der Waals surface area contributed by atoms with Crippen LogP contribution in [0.15, 0.2) is 30.5 Å². The highest BCUT2D eigenvalue weighted by Gasteiger charge is 2.35. The number of hydrogen-bond acceptors (Lipinski definition) is 7. The normalized spacial score (nSPS) is 22.9. The van der Waals surface area contributed by atoms with Gasteiger partial charge in [-0.3, -0.25) is 9.78 Å². The van der Waals surface area contributed by atoms with Crippen molar-refractivity contribution in [3.63, 3.8) is 0 Å². The summed E-state index contributed by atoms with van der Waals surface area (Å²) >= 11 is 5.97. The van der Waals surface area contributed by atoms with Crippen LogP contribution in [-0.4, -0.2) is 22.1 Å². The van der Waals surface area contributed by atoms with Gasteiger partial charge in [-0.1, -0.05) is 23.7 Å². The summed E-state index contributed by atoms with van der Waals surface area (Å²) in [4.78, 5) is 32.1. The fourth-order valence-corrected chi connectivity index (χ4v) is 4.01. The van der Waals surface area contributed by atoms with Crippen molar-refractivity contribution in [2.24, 2.45) is 5.92 Å². The minimum absolute atomic E-state index is 0.269. The number of carbonyl (C=O) groups excluding carboxylic acids is 1. The minimum atomic E-state index is -0.815. The highest BCUT2D eigenvalue weighted by Crippen LogP contribution is 2.41. The summed E-state index contributed by atoms with van der Waals surface area (Å²) in [5.74, 6) is -0.458. The molecule has 1 fully saturated rings. The molecule has 0 saturated heterocycles. The SMILES string of the molecule is Cc1ncc2c(c1OC(=O)[C@@H]1CC[C@@H](O[N+](=O)[O-])C1)CO[C@H]2c1ccc(Cl)cc1. The van der Waals surface area contributed by atoms with Crippen molar-refractivity contribution in [3.05, 3.63) is 68.0 Å². The third-order valence-corrected chi connectivity index (χ3v) is 5.61. The highest BCUT2D eigenvalue weighted by molar-refractivity contribution is 6.30. The van der Waals surface area contributed by atoms with Crippen molar-refractivity contribution in [1.82, 2.24) is 4.98 Å². The second kappa shape index (κ2) is 7.96. The Labute approximate surface area is 171 Å². The highest BCUT2D eigenvalue weighted by atomic mass is 35.5. The lowest BCUT2D eigenvalue weighted by Gasteiger charge is -2.15. The topological polar surface area (TPSA) is 101 Å². The monoisotopic (exact) mass is 418 g/mol. The van der Waals surface area contributed by atoms with E-state index in [0.29, 0.717) is 35.9 Å². The summed E-state index contributed by atoms with van der Waals surface area (Å²) in [6.07, 6.45) is 2.07. The van der Waals surface area contributed by atoms with Crippen LogP contribution in [0.25, 0.3) is 0 Å². The molecular formula is C20H19ClN2O6. The molecule has 0 N–H and O–H groups in total. The van der Waals surface area contributed by atoms with E-state index in [1.165, 1.54) is 0 Å². The molecule has 0 bridgehead atoms. The molecule has 0 radical (unpaired) electrons. The van der Waals surface area contributed by atoms with Gasteiger partial charge in [0.1, 0.15) is 12.2 Å². The Hall–Kier alpha value is -2.71. The number of hydrogen-bond donors (Lipinski definition) is 0. The lowest BCUT2D eigenvalue weighted by molar-refractivity contribution is -0.768. The second-order valence-electron chi connectivity index (χ2n) is 7.23. The molecule has 1 aliphatic heterocycles. The van der Waals surface area contributed by atoms with Crippen LogP contribution in [-0.2, 0) is 21.0 Å². The van der Waals surface area contributed by atoms with Crippen molar-refractivity contribution in [3.8, 4) is 5.75 Å². The van der Waals surface area contributed by atoms with Crippen molar-refractivity contribution >= 4 is 17.6 Å². The van der Waals surface area contributed by atoms with Gasteiger partial charge in [0.05, 0.1) is 18.2 Å². The fourth-order valence-electron chi connectivity index (χ4n) is 3.89. The van der Waals surface area contributed by atoms with Crippen LogP contribution in [0.2, 0.25) is 5.02 Å². The molecule has 1 saturated carbocycles. The van der Waals surface area contributed by atoms with Gasteiger partial charge in [0.2, 0.25) is 0 Å². The van der Waals surface area contributed by atoms with Gasteiger partial charge in [0, 0.05) is 22.3 Å². The third-order valence-electron chi connectivity index (χ3n) is 5.35. The minimum Gasteiger partial charge on any atom is -0.424 e. The van der Waals surface area contributed by atoms with Crippen molar-refractivity contribution in [2.75, 3.05) is 0 Å². The number of rotatable bonds is 5. The number of carbonyl (C=O) groups is 1. The zero-order chi connectivity index (χ0) is 20.5. The standard InChI is InChI=1S/C20H19ClN2O6/c1-11-18(28-20(24)13-4-7-15(8-13)29-23(25)26)17-10-27-19(16(17)9-22-11)12-2-5-14(21)6-3-12/h2-3,5-6,9,13,15,19H,4,7-8,10H2,1H3/t13-,15-,19+/m1/s1. The van der Waals surface area contributed by atoms with Crippen LogP contribution in [0.4, 0.5) is 0 Å². The molecule has 9 heteroatoms. The van der Waals surface area contributed by atoms with Gasteiger partial charge >= 0.3 is 5.97 Å². The molecule has 1 aliphatic carbocycles. The molecule has 152 valence electrons. The second-order valence-corrected chi connectivity index (χ2v) is 7.67. The molecular weight excluding hydrogens is 400 g/mol. The number of aryl methyl sites for hydroxylation is 1. The largest absolute Gasteiger partial charge is 0.424 e. The molecule has 3 atom stereocenters. The van der Waals surface area contributed by atoms with E-state index in [1.807, 2.05) is 12.1 Å². The molecule has 2 aliphatic rings. The number of ether oxygens (including phenoxy) is 2. The van der Waals surface area contributed by atoms with Crippen LogP contribution in [0.3, 0.4) is 0 Å². The summed E-state index contributed by atoms with van der Waals surface area (Å²) < 4.78 is 11.6. The molecule has 2 heterocycles. The molecule has 4 rings (SSSR count). The Morgan fingerprint density at radius 1 is 1.31 bits per heavy atom. The van der Waals surface area contributed by atoms with Gasteiger partial charge in [-0.15, -0.1) is 10.1 Å². The average Bonchev–Trinajstić information content (AvgIpc) is 3.31. The maximum absolute atomic E-state index is 12.7. The predicted molar refractivity (Wildman–Crippen MR) is 102 cm³/mol. The first-order valence-corrected chi connectivity index (χ1v) is 9.68. The molecule has 1 aromatic carbocycles. The number of esters is 1. The summed E-state index contributed by atoms with van der Waals surface area (Å²) in [6, 6.07) is 7.37. The van der Waals surface area contributed by atoms with Gasteiger partial charge in [0.25, 0.3) is 5.09 Å². The Morgan fingerprint density at radius 3 is 2.79 bits per heavy atom. The number of fused-ring (bicyclic) bond motifs is 1. The van der Waals surface area contributed by atoms with Gasteiger partial charge < -0.3 is 14.3 Å². The maximum atomic E-state index is 12.7. The number of halogens is 1. The Balaban J connectivity index is 1.53. The Bertz CT molecular complexity index is 949. The first kappa shape index (κ1) is 19.6. The van der Waals surface area contributed by atoms with E-state index < -0.39 is 23.1 Å². The summed E-state index contributed by atoms with van der Waals surface area (Å²) in [7, 11) is 0. The number of pyridine rings is 1. The van der Waals surface area contributed by atoms with Crippen LogP contribution >= 0.6 is 11.6 Å². The molecule has 8 nitrogen and oxygen atoms in total. The molecule has 0 unspecified atom stereocenters. The third kappa shape index (κ3) is 4.04. The van der Waals surface area contributed by atoms with Gasteiger partial charge in [-0.2, -0.15) is 0 Å². The zero-order valence-electron chi connectivity index (χ0n) is 15.7. The van der Waals surface area contributed by atoms with E-state index in [1.54, 1.807) is 25.3 Å². The molecule has 1 aromatic heterocycles. The average molecular weight is 419 g/mol. The predicted octanol–water partition coefficient (Wildman–Crippen LogP) is 3.95. The van der Waals surface area contributed by atoms with Crippen LogP contribution in [0.5, 0.6) is 5.75 Å². The Morgan fingerprint density at radius 2 is 2.07 bits per heavy atom. The van der Waals surface area contributed by atoms with Gasteiger partial charge in [-0.05, 0) is 43.9 Å². The lowest BCUT2D eigenvalue weighted by atomic mass is 10.00. The smallest absolute Gasteiger partial charge is 0.314 e. The fraction of sp³-hybridized carbons (Fsp3) is 0.400. The maximum Gasteiger partial charge on any atom is 0.314 e. The van der Waals surface area contributed by atoms with E-state index in [2.05, 4.69) is 9.82 Å². The van der Waals surface area contributed by atoms with Gasteiger partial charge in [-0.25, -0.2) is 0 Å². The first-order chi connectivity index (χ1) is 13.9. The molecule has 2 aromatic rings. The number of benzene rings is 1. The number of aromatic nitrogens is 1. The van der Waals surface area contributed by atoms with Crippen molar-refractivity contribution in [1.29, 1.82) is 0 Å². The summed E-state index contributed by atoms with van der Waals surface area (Å²) in [5.41, 5.74) is 3.17. The molecule has 0 spiro atoms. The summed E-state index contributed by atoms with van der Waals surface area (Å²) in [6.45, 7) is 2.07. The van der Waals surface area contributed by atoms with E-state index in [4.69, 9.17) is 21.1 Å². The van der Waals surface area contributed by atoms with Crippen LogP contribution in [0.1, 0.15) is 47.8 Å². The van der Waals surface area contributed by atoms with Crippen LogP contribution in [0, 0.1) is 23.0 Å². The van der Waals surface area contributed by atoms with Gasteiger partial charge in [0.15, 0.2) is 5.75 Å². The van der Waals surface area contributed by atoms with Crippen LogP contribution < -0.4 is 4.74 Å². The van der Waals surface area contributed by atoms with E-state index in [9.17, 15) is 14.9 Å². The summed E-state index contributed by atoms with van der Waals surface area (Å²) in [5, 5.41) is 10.3.